The van der Waals surface area contributed by atoms with Crippen molar-refractivity contribution in [2.45, 2.75) is 6.92 Å². The molecule has 2 aromatic rings. The Bertz CT molecular complexity index is 573. The Morgan fingerprint density at radius 2 is 1.95 bits per heavy atom. The minimum Gasteiger partial charge on any atom is -0.492 e. The highest BCUT2D eigenvalue weighted by atomic mass is 16.5. The number of hydrogen-bond acceptors (Lipinski definition) is 3. The first kappa shape index (κ1) is 13.0. The fourth-order valence-corrected chi connectivity index (χ4v) is 1.78. The van der Waals surface area contributed by atoms with Crippen molar-refractivity contribution >= 4 is 5.69 Å². The highest BCUT2D eigenvalue weighted by Gasteiger charge is 1.98. The average Bonchev–Trinajstić information content (AvgIpc) is 2.45. The van der Waals surface area contributed by atoms with Gasteiger partial charge in [-0.1, -0.05) is 18.2 Å². The van der Waals surface area contributed by atoms with E-state index in [0.29, 0.717) is 12.2 Å². The number of nitrogens with one attached hydrogen (secondary N) is 1. The van der Waals surface area contributed by atoms with E-state index in [-0.39, 0.29) is 0 Å². The molecule has 19 heavy (non-hydrogen) atoms. The van der Waals surface area contributed by atoms with E-state index in [1.54, 1.807) is 0 Å². The zero-order valence-corrected chi connectivity index (χ0v) is 10.9. The fourth-order valence-electron chi connectivity index (χ4n) is 1.78. The summed E-state index contributed by atoms with van der Waals surface area (Å²) in [4.78, 5) is 0. The zero-order valence-electron chi connectivity index (χ0n) is 10.9. The number of nitriles is 1. The number of aryl methyl sites for hydroxylation is 1. The maximum atomic E-state index is 8.86. The molecule has 0 saturated carbocycles. The van der Waals surface area contributed by atoms with Crippen molar-refractivity contribution in [2.24, 2.45) is 0 Å². The summed E-state index contributed by atoms with van der Waals surface area (Å²) in [6.45, 7) is 3.26. The Balaban J connectivity index is 1.80. The minimum absolute atomic E-state index is 0.600. The standard InChI is InChI=1S/C16H16N2O/c1-13-11-15(8-7-14(13)12-17)18-9-10-19-16-5-3-2-4-6-16/h2-8,11,18H,9-10H2,1H3. The fraction of sp³-hybridized carbons (Fsp3) is 0.188. The van der Waals surface area contributed by atoms with Crippen LogP contribution in [0.3, 0.4) is 0 Å². The van der Waals surface area contributed by atoms with Crippen LogP contribution in [0.1, 0.15) is 11.1 Å². The van der Waals surface area contributed by atoms with Gasteiger partial charge >= 0.3 is 0 Å². The molecule has 1 N–H and O–H groups in total. The predicted molar refractivity (Wildman–Crippen MR) is 76.3 cm³/mol. The molecule has 0 radical (unpaired) electrons. The minimum atomic E-state index is 0.600. The van der Waals surface area contributed by atoms with Gasteiger partial charge in [-0.15, -0.1) is 0 Å². The maximum Gasteiger partial charge on any atom is 0.119 e. The summed E-state index contributed by atoms with van der Waals surface area (Å²) in [6, 6.07) is 17.6. The molecule has 0 spiro atoms. The summed E-state index contributed by atoms with van der Waals surface area (Å²) in [7, 11) is 0. The van der Waals surface area contributed by atoms with Crippen molar-refractivity contribution < 1.29 is 4.74 Å². The number of rotatable bonds is 5. The third-order valence-electron chi connectivity index (χ3n) is 2.79. The predicted octanol–water partition coefficient (Wildman–Crippen LogP) is 3.36. The van der Waals surface area contributed by atoms with Gasteiger partial charge in [0.2, 0.25) is 0 Å². The van der Waals surface area contributed by atoms with Crippen LogP contribution in [-0.2, 0) is 0 Å². The normalized spacial score (nSPS) is 9.68. The van der Waals surface area contributed by atoms with E-state index in [2.05, 4.69) is 11.4 Å². The SMILES string of the molecule is Cc1cc(NCCOc2ccccc2)ccc1C#N. The largest absolute Gasteiger partial charge is 0.492 e. The van der Waals surface area contributed by atoms with E-state index in [1.807, 2.05) is 55.5 Å². The van der Waals surface area contributed by atoms with Crippen molar-refractivity contribution in [2.75, 3.05) is 18.5 Å². The molecule has 0 amide bonds. The van der Waals surface area contributed by atoms with Gasteiger partial charge in [-0.3, -0.25) is 0 Å². The third-order valence-corrected chi connectivity index (χ3v) is 2.79. The summed E-state index contributed by atoms with van der Waals surface area (Å²) >= 11 is 0. The second-order valence-corrected chi connectivity index (χ2v) is 4.23. The molecule has 0 aromatic heterocycles. The van der Waals surface area contributed by atoms with Crippen LogP contribution >= 0.6 is 0 Å². The maximum absolute atomic E-state index is 8.86. The van der Waals surface area contributed by atoms with Crippen molar-refractivity contribution in [1.82, 2.24) is 0 Å². The van der Waals surface area contributed by atoms with Gasteiger partial charge < -0.3 is 10.1 Å². The summed E-state index contributed by atoms with van der Waals surface area (Å²) in [5, 5.41) is 12.1. The van der Waals surface area contributed by atoms with E-state index in [1.165, 1.54) is 0 Å². The Morgan fingerprint density at radius 3 is 2.63 bits per heavy atom. The van der Waals surface area contributed by atoms with Crippen molar-refractivity contribution in [1.29, 1.82) is 5.26 Å². The van der Waals surface area contributed by atoms with Crippen LogP contribution in [0.4, 0.5) is 5.69 Å². The van der Waals surface area contributed by atoms with E-state index >= 15 is 0 Å². The molecular formula is C16H16N2O. The molecule has 0 heterocycles. The molecule has 0 aliphatic carbocycles. The number of ether oxygens (including phenoxy) is 1. The lowest BCUT2D eigenvalue weighted by Gasteiger charge is -2.09. The molecule has 96 valence electrons. The number of anilines is 1. The smallest absolute Gasteiger partial charge is 0.119 e. The summed E-state index contributed by atoms with van der Waals surface area (Å²) in [6.07, 6.45) is 0. The summed E-state index contributed by atoms with van der Waals surface area (Å²) in [5.41, 5.74) is 2.70. The molecule has 0 aliphatic rings. The van der Waals surface area contributed by atoms with Crippen LogP contribution in [0.25, 0.3) is 0 Å². The van der Waals surface area contributed by atoms with Crippen LogP contribution in [-0.4, -0.2) is 13.2 Å². The lowest BCUT2D eigenvalue weighted by molar-refractivity contribution is 0.333. The number of hydrogen-bond donors (Lipinski definition) is 1. The van der Waals surface area contributed by atoms with E-state index in [0.717, 1.165) is 23.5 Å². The summed E-state index contributed by atoms with van der Waals surface area (Å²) < 4.78 is 5.59. The molecule has 0 unspecified atom stereocenters. The molecular weight excluding hydrogens is 236 g/mol. The van der Waals surface area contributed by atoms with E-state index in [9.17, 15) is 0 Å². The monoisotopic (exact) mass is 252 g/mol. The highest BCUT2D eigenvalue weighted by molar-refractivity contribution is 5.51. The lowest BCUT2D eigenvalue weighted by Crippen LogP contribution is -2.11. The van der Waals surface area contributed by atoms with E-state index < -0.39 is 0 Å². The first-order valence-electron chi connectivity index (χ1n) is 6.22. The molecule has 0 saturated heterocycles. The first-order valence-corrected chi connectivity index (χ1v) is 6.22. The van der Waals surface area contributed by atoms with Crippen molar-refractivity contribution in [3.05, 3.63) is 59.7 Å². The van der Waals surface area contributed by atoms with Crippen LogP contribution in [0.2, 0.25) is 0 Å². The average molecular weight is 252 g/mol. The van der Waals surface area contributed by atoms with E-state index in [4.69, 9.17) is 10.00 Å². The lowest BCUT2D eigenvalue weighted by atomic mass is 10.1. The van der Waals surface area contributed by atoms with Gasteiger partial charge in [-0.05, 0) is 42.8 Å². The van der Waals surface area contributed by atoms with Crippen LogP contribution < -0.4 is 10.1 Å². The second-order valence-electron chi connectivity index (χ2n) is 4.23. The Kier molecular flexibility index (Phi) is 4.41. The third kappa shape index (κ3) is 3.75. The van der Waals surface area contributed by atoms with Crippen molar-refractivity contribution in [3.63, 3.8) is 0 Å². The van der Waals surface area contributed by atoms with Gasteiger partial charge in [0.25, 0.3) is 0 Å². The van der Waals surface area contributed by atoms with Gasteiger partial charge in [-0.2, -0.15) is 5.26 Å². The quantitative estimate of drug-likeness (QED) is 0.830. The Hall–Kier alpha value is -2.47. The molecule has 0 fully saturated rings. The van der Waals surface area contributed by atoms with Gasteiger partial charge in [-0.25, -0.2) is 0 Å². The molecule has 0 atom stereocenters. The van der Waals surface area contributed by atoms with Crippen LogP contribution in [0.15, 0.2) is 48.5 Å². The zero-order chi connectivity index (χ0) is 13.5. The Morgan fingerprint density at radius 1 is 1.16 bits per heavy atom. The Labute approximate surface area is 113 Å². The molecule has 2 aromatic carbocycles. The first-order chi connectivity index (χ1) is 9.29. The number of para-hydroxylation sites is 1. The highest BCUT2D eigenvalue weighted by Crippen LogP contribution is 2.14. The summed E-state index contributed by atoms with van der Waals surface area (Å²) in [5.74, 6) is 0.875. The van der Waals surface area contributed by atoms with Gasteiger partial charge in [0, 0.05) is 12.2 Å². The molecule has 3 nitrogen and oxygen atoms in total. The van der Waals surface area contributed by atoms with Crippen molar-refractivity contribution in [3.8, 4) is 11.8 Å². The topological polar surface area (TPSA) is 45.0 Å². The van der Waals surface area contributed by atoms with Gasteiger partial charge in [0.1, 0.15) is 12.4 Å². The van der Waals surface area contributed by atoms with Crippen LogP contribution in [0.5, 0.6) is 5.75 Å². The number of benzene rings is 2. The molecule has 0 bridgehead atoms. The van der Waals surface area contributed by atoms with Crippen LogP contribution in [0, 0.1) is 18.3 Å². The molecule has 2 rings (SSSR count). The second kappa shape index (κ2) is 6.46. The number of nitrogens with zero attached hydrogens (tertiary/aromatic N) is 1. The van der Waals surface area contributed by atoms with Gasteiger partial charge in [0.05, 0.1) is 11.6 Å². The molecule has 0 aliphatic heterocycles. The molecule has 3 heteroatoms. The van der Waals surface area contributed by atoms with Gasteiger partial charge in [0.15, 0.2) is 0 Å².